The average molecular weight is 166 g/mol. The second-order valence-electron chi connectivity index (χ2n) is 3.61. The molecule has 0 bridgehead atoms. The number of nitrogens with zero attached hydrogens (tertiary/aromatic N) is 1. The number of nitrogens with one attached hydrogen (secondary N) is 1. The molecule has 0 aliphatic carbocycles. The lowest BCUT2D eigenvalue weighted by atomic mass is 10.4. The predicted octanol–water partition coefficient (Wildman–Crippen LogP) is 2.33. The summed E-state index contributed by atoms with van der Waals surface area (Å²) in [5.74, 6) is 0. The number of hydrogen-bond acceptors (Lipinski definition) is 2. The minimum atomic E-state index is -1.18. The Balaban J connectivity index is 2.66. The molecule has 0 atom stereocenters. The van der Waals surface area contributed by atoms with E-state index in [1.807, 2.05) is 24.5 Å². The number of hydrogen-bond donors (Lipinski definition) is 1. The van der Waals surface area contributed by atoms with Gasteiger partial charge in [-0.1, -0.05) is 19.6 Å². The van der Waals surface area contributed by atoms with Gasteiger partial charge in [-0.05, 0) is 12.1 Å². The van der Waals surface area contributed by atoms with Crippen LogP contribution in [0.5, 0.6) is 0 Å². The molecule has 0 aliphatic heterocycles. The maximum Gasteiger partial charge on any atom is 0.144 e. The van der Waals surface area contributed by atoms with Crippen molar-refractivity contribution >= 4 is 13.9 Å². The second kappa shape index (κ2) is 3.05. The van der Waals surface area contributed by atoms with Crippen LogP contribution in [-0.4, -0.2) is 13.2 Å². The Morgan fingerprint density at radius 3 is 2.18 bits per heavy atom. The highest BCUT2D eigenvalue weighted by molar-refractivity contribution is 6.79. The largest absolute Gasteiger partial charge is 0.411 e. The molecule has 1 heterocycles. The van der Waals surface area contributed by atoms with Crippen molar-refractivity contribution < 1.29 is 0 Å². The molecular formula is C8H14N2Si. The molecule has 1 aromatic rings. The highest BCUT2D eigenvalue weighted by Crippen LogP contribution is 2.09. The third-order valence-electron chi connectivity index (χ3n) is 1.20. The van der Waals surface area contributed by atoms with E-state index in [-0.39, 0.29) is 0 Å². The molecule has 0 saturated carbocycles. The van der Waals surface area contributed by atoms with Crippen molar-refractivity contribution in [3.05, 3.63) is 24.5 Å². The molecule has 2 nitrogen and oxygen atoms in total. The topological polar surface area (TPSA) is 24.9 Å². The Hall–Kier alpha value is -0.833. The SMILES string of the molecule is C[Si](C)(C)Nc1ccncc1. The summed E-state index contributed by atoms with van der Waals surface area (Å²) in [4.78, 5) is 7.43. The summed E-state index contributed by atoms with van der Waals surface area (Å²) in [6.45, 7) is 6.81. The normalized spacial score (nSPS) is 11.2. The molecule has 0 fully saturated rings. The van der Waals surface area contributed by atoms with Gasteiger partial charge in [-0.15, -0.1) is 0 Å². The van der Waals surface area contributed by atoms with Crippen molar-refractivity contribution in [1.29, 1.82) is 0 Å². The van der Waals surface area contributed by atoms with E-state index in [2.05, 4.69) is 29.6 Å². The van der Waals surface area contributed by atoms with Crippen LogP contribution < -0.4 is 4.98 Å². The van der Waals surface area contributed by atoms with Gasteiger partial charge >= 0.3 is 0 Å². The van der Waals surface area contributed by atoms with Crippen molar-refractivity contribution in [2.75, 3.05) is 4.98 Å². The highest BCUT2D eigenvalue weighted by Gasteiger charge is 2.11. The van der Waals surface area contributed by atoms with Crippen LogP contribution in [0.3, 0.4) is 0 Å². The molecule has 1 aromatic heterocycles. The smallest absolute Gasteiger partial charge is 0.144 e. The summed E-state index contributed by atoms with van der Waals surface area (Å²) in [5.41, 5.74) is 1.18. The number of anilines is 1. The summed E-state index contributed by atoms with van der Waals surface area (Å²) < 4.78 is 0. The van der Waals surface area contributed by atoms with Gasteiger partial charge in [-0.25, -0.2) is 0 Å². The lowest BCUT2D eigenvalue weighted by molar-refractivity contribution is 1.33. The zero-order chi connectivity index (χ0) is 8.32. The van der Waals surface area contributed by atoms with Gasteiger partial charge in [0.05, 0.1) is 0 Å². The Morgan fingerprint density at radius 2 is 1.73 bits per heavy atom. The molecule has 1 N–H and O–H groups in total. The molecule has 60 valence electrons. The van der Waals surface area contributed by atoms with Crippen LogP contribution in [0.4, 0.5) is 5.69 Å². The van der Waals surface area contributed by atoms with Crippen LogP contribution in [-0.2, 0) is 0 Å². The molecular weight excluding hydrogens is 152 g/mol. The lowest BCUT2D eigenvalue weighted by Crippen LogP contribution is -2.32. The summed E-state index contributed by atoms with van der Waals surface area (Å²) in [5, 5.41) is 0. The first-order chi connectivity index (χ1) is 5.08. The Labute approximate surface area is 68.8 Å². The summed E-state index contributed by atoms with van der Waals surface area (Å²) in [6.07, 6.45) is 3.62. The van der Waals surface area contributed by atoms with E-state index in [1.54, 1.807) is 0 Å². The van der Waals surface area contributed by atoms with E-state index in [1.165, 1.54) is 5.69 Å². The molecule has 0 saturated heterocycles. The van der Waals surface area contributed by atoms with Crippen molar-refractivity contribution in [3.8, 4) is 0 Å². The van der Waals surface area contributed by atoms with Gasteiger partial charge in [0, 0.05) is 18.1 Å². The summed E-state index contributed by atoms with van der Waals surface area (Å²) >= 11 is 0. The van der Waals surface area contributed by atoms with Crippen LogP contribution in [0.2, 0.25) is 19.6 Å². The minimum Gasteiger partial charge on any atom is -0.411 e. The Bertz CT molecular complexity index is 215. The van der Waals surface area contributed by atoms with Gasteiger partial charge in [0.25, 0.3) is 0 Å². The summed E-state index contributed by atoms with van der Waals surface area (Å²) in [6, 6.07) is 4.00. The zero-order valence-electron chi connectivity index (χ0n) is 7.26. The van der Waals surface area contributed by atoms with E-state index in [9.17, 15) is 0 Å². The van der Waals surface area contributed by atoms with Gasteiger partial charge in [-0.2, -0.15) is 0 Å². The molecule has 0 unspecified atom stereocenters. The van der Waals surface area contributed by atoms with E-state index in [0.717, 1.165) is 0 Å². The molecule has 0 radical (unpaired) electrons. The van der Waals surface area contributed by atoms with E-state index >= 15 is 0 Å². The average Bonchev–Trinajstić information content (AvgIpc) is 1.85. The van der Waals surface area contributed by atoms with Crippen molar-refractivity contribution in [2.45, 2.75) is 19.6 Å². The fourth-order valence-electron chi connectivity index (χ4n) is 0.868. The Morgan fingerprint density at radius 1 is 1.18 bits per heavy atom. The van der Waals surface area contributed by atoms with E-state index < -0.39 is 8.24 Å². The molecule has 1 rings (SSSR count). The fraction of sp³-hybridized carbons (Fsp3) is 0.375. The Kier molecular flexibility index (Phi) is 2.29. The molecule has 0 aliphatic rings. The maximum absolute atomic E-state index is 3.95. The van der Waals surface area contributed by atoms with Crippen molar-refractivity contribution in [3.63, 3.8) is 0 Å². The monoisotopic (exact) mass is 166 g/mol. The number of rotatable bonds is 2. The molecule has 0 amide bonds. The third kappa shape index (κ3) is 3.18. The molecule has 0 spiro atoms. The minimum absolute atomic E-state index is 1.18. The van der Waals surface area contributed by atoms with Crippen LogP contribution >= 0.6 is 0 Å². The van der Waals surface area contributed by atoms with Crippen LogP contribution in [0, 0.1) is 0 Å². The third-order valence-corrected chi connectivity index (χ3v) is 2.24. The second-order valence-corrected chi connectivity index (χ2v) is 8.36. The first-order valence-electron chi connectivity index (χ1n) is 3.76. The van der Waals surface area contributed by atoms with Crippen LogP contribution in [0.1, 0.15) is 0 Å². The van der Waals surface area contributed by atoms with Gasteiger partial charge in [0.15, 0.2) is 0 Å². The molecule has 3 heteroatoms. The van der Waals surface area contributed by atoms with E-state index in [0.29, 0.717) is 0 Å². The van der Waals surface area contributed by atoms with Crippen molar-refractivity contribution in [2.24, 2.45) is 0 Å². The fourth-order valence-corrected chi connectivity index (χ4v) is 1.90. The quantitative estimate of drug-likeness (QED) is 0.682. The summed E-state index contributed by atoms with van der Waals surface area (Å²) in [7, 11) is -1.18. The highest BCUT2D eigenvalue weighted by atomic mass is 28.3. The predicted molar refractivity (Wildman–Crippen MR) is 51.2 cm³/mol. The lowest BCUT2D eigenvalue weighted by Gasteiger charge is -2.18. The molecule has 11 heavy (non-hydrogen) atoms. The maximum atomic E-state index is 3.95. The van der Waals surface area contributed by atoms with Gasteiger partial charge in [-0.3, -0.25) is 4.98 Å². The van der Waals surface area contributed by atoms with Crippen LogP contribution in [0.15, 0.2) is 24.5 Å². The molecule has 0 aromatic carbocycles. The van der Waals surface area contributed by atoms with Gasteiger partial charge in [0.2, 0.25) is 0 Å². The standard InChI is InChI=1S/C8H14N2Si/c1-11(2,3)10-8-4-6-9-7-5-8/h4-7H,1-3H3,(H,9,10). The number of aromatic nitrogens is 1. The van der Waals surface area contributed by atoms with Gasteiger partial charge in [0.1, 0.15) is 8.24 Å². The first kappa shape index (κ1) is 8.27. The first-order valence-corrected chi connectivity index (χ1v) is 7.26. The van der Waals surface area contributed by atoms with Gasteiger partial charge < -0.3 is 4.98 Å². The zero-order valence-corrected chi connectivity index (χ0v) is 8.26. The number of pyridine rings is 1. The van der Waals surface area contributed by atoms with Crippen LogP contribution in [0.25, 0.3) is 0 Å². The van der Waals surface area contributed by atoms with Crippen molar-refractivity contribution in [1.82, 2.24) is 4.98 Å². The van der Waals surface area contributed by atoms with E-state index in [4.69, 9.17) is 0 Å².